The van der Waals surface area contributed by atoms with E-state index >= 15 is 0 Å². The normalized spacial score (nSPS) is 12.2. The lowest BCUT2D eigenvalue weighted by Gasteiger charge is -2.16. The highest BCUT2D eigenvalue weighted by molar-refractivity contribution is 6.10. The summed E-state index contributed by atoms with van der Waals surface area (Å²) >= 11 is 0. The number of hydrogen-bond donors (Lipinski definition) is 1. The number of halogens is 1. The average molecular weight is 399 g/mol. The Balaban J connectivity index is 1.62. The minimum Gasteiger partial charge on any atom is -0.446 e. The molecule has 1 N–H and O–H groups in total. The molecule has 0 aliphatic rings. The van der Waals surface area contributed by atoms with Crippen molar-refractivity contribution >= 4 is 28.7 Å². The van der Waals surface area contributed by atoms with Crippen LogP contribution in [0.2, 0.25) is 0 Å². The summed E-state index contributed by atoms with van der Waals surface area (Å²) in [6, 6.07) is 22.1. The van der Waals surface area contributed by atoms with Crippen LogP contribution in [0.1, 0.15) is 27.6 Å². The van der Waals surface area contributed by atoms with Crippen LogP contribution in [0, 0.1) is 5.82 Å². The number of fused-ring (bicyclic) bond motifs is 1. The molecule has 0 bridgehead atoms. The van der Waals surface area contributed by atoms with Gasteiger partial charge in [-0.1, -0.05) is 60.7 Å². The van der Waals surface area contributed by atoms with Gasteiger partial charge in [-0.05, 0) is 29.8 Å². The highest BCUT2D eigenvalue weighted by Gasteiger charge is 2.27. The Labute approximate surface area is 172 Å². The molecule has 0 aliphatic carbocycles. The molecule has 0 spiro atoms. The number of carbonyl (C=O) groups is 2. The molecule has 3 aromatic carbocycles. The quantitative estimate of drug-likeness (QED) is 0.265. The summed E-state index contributed by atoms with van der Waals surface area (Å²) in [4.78, 5) is 28.8. The van der Waals surface area contributed by atoms with Crippen LogP contribution >= 0.6 is 0 Å². The molecule has 148 valence electrons. The Bertz CT molecular complexity index is 1230. The first-order valence-corrected chi connectivity index (χ1v) is 9.41. The summed E-state index contributed by atoms with van der Waals surface area (Å²) in [5, 5.41) is 0.759. The van der Waals surface area contributed by atoms with Gasteiger partial charge in [-0.25, -0.2) is 9.18 Å². The molecule has 1 atom stereocenters. The first-order valence-electron chi connectivity index (χ1n) is 9.41. The molecule has 0 saturated carbocycles. The first kappa shape index (κ1) is 19.3. The van der Waals surface area contributed by atoms with E-state index in [2.05, 4.69) is 4.98 Å². The third-order valence-electron chi connectivity index (χ3n) is 4.69. The number of ketones is 1. The molecule has 1 aromatic heterocycles. The zero-order valence-electron chi connectivity index (χ0n) is 15.9. The number of Topliss-reactive ketones (excluding diaryl/α,β-unsaturated/α-hetero) is 1. The highest BCUT2D eigenvalue weighted by atomic mass is 19.1. The number of benzene rings is 3. The van der Waals surface area contributed by atoms with Crippen molar-refractivity contribution in [1.82, 2.24) is 4.98 Å². The number of esters is 1. The molecule has 1 unspecified atom stereocenters. The fourth-order valence-electron chi connectivity index (χ4n) is 3.25. The van der Waals surface area contributed by atoms with Crippen molar-refractivity contribution in [3.63, 3.8) is 0 Å². The number of hydrogen-bond acceptors (Lipinski definition) is 3. The van der Waals surface area contributed by atoms with E-state index < -0.39 is 17.9 Å². The van der Waals surface area contributed by atoms with Crippen LogP contribution in [-0.2, 0) is 9.53 Å². The zero-order valence-corrected chi connectivity index (χ0v) is 15.9. The maximum Gasteiger partial charge on any atom is 0.331 e. The van der Waals surface area contributed by atoms with Gasteiger partial charge in [0.05, 0.1) is 0 Å². The van der Waals surface area contributed by atoms with Crippen LogP contribution in [0.15, 0.2) is 91.1 Å². The van der Waals surface area contributed by atoms with Crippen molar-refractivity contribution in [2.24, 2.45) is 0 Å². The molecular formula is C25H18FNO3. The standard InChI is InChI=1S/C25H18FNO3/c26-19-10-6-7-17(15-19)13-14-23(28)30-25(18-8-2-1-3-9-18)24(29)21-16-27-22-12-5-4-11-20(21)22/h1-16,25,27H/b14-13+. The summed E-state index contributed by atoms with van der Waals surface area (Å²) in [5.41, 5.74) is 2.36. The van der Waals surface area contributed by atoms with E-state index in [4.69, 9.17) is 4.74 Å². The predicted molar refractivity (Wildman–Crippen MR) is 113 cm³/mol. The molecule has 4 nitrogen and oxygen atoms in total. The van der Waals surface area contributed by atoms with Gasteiger partial charge < -0.3 is 9.72 Å². The van der Waals surface area contributed by atoms with Crippen molar-refractivity contribution < 1.29 is 18.7 Å². The summed E-state index contributed by atoms with van der Waals surface area (Å²) in [6.07, 6.45) is 3.16. The number of nitrogens with one attached hydrogen (secondary N) is 1. The lowest BCUT2D eigenvalue weighted by molar-refractivity contribution is -0.141. The molecule has 0 amide bonds. The predicted octanol–water partition coefficient (Wildman–Crippen LogP) is 5.49. The lowest BCUT2D eigenvalue weighted by atomic mass is 9.99. The topological polar surface area (TPSA) is 59.2 Å². The van der Waals surface area contributed by atoms with E-state index in [1.807, 2.05) is 30.3 Å². The summed E-state index contributed by atoms with van der Waals surface area (Å²) in [7, 11) is 0. The Kier molecular flexibility index (Phi) is 5.52. The van der Waals surface area contributed by atoms with Crippen LogP contribution in [0.3, 0.4) is 0 Å². The van der Waals surface area contributed by atoms with Gasteiger partial charge >= 0.3 is 5.97 Å². The summed E-state index contributed by atoms with van der Waals surface area (Å²) in [6.45, 7) is 0. The fraction of sp³-hybridized carbons (Fsp3) is 0.0400. The first-order chi connectivity index (χ1) is 14.6. The SMILES string of the molecule is O=C(/C=C/c1cccc(F)c1)OC(C(=O)c1c[nH]c2ccccc12)c1ccccc1. The van der Waals surface area contributed by atoms with E-state index in [0.29, 0.717) is 16.7 Å². The molecule has 4 rings (SSSR count). The van der Waals surface area contributed by atoms with E-state index in [1.54, 1.807) is 42.6 Å². The minimum absolute atomic E-state index is 0.328. The number of para-hydroxylation sites is 1. The van der Waals surface area contributed by atoms with Crippen LogP contribution in [0.25, 0.3) is 17.0 Å². The molecule has 30 heavy (non-hydrogen) atoms. The molecule has 5 heteroatoms. The van der Waals surface area contributed by atoms with Crippen molar-refractivity contribution in [2.45, 2.75) is 6.10 Å². The number of aromatic nitrogens is 1. The van der Waals surface area contributed by atoms with Gasteiger partial charge in [0.1, 0.15) is 5.82 Å². The van der Waals surface area contributed by atoms with Gasteiger partial charge in [-0.3, -0.25) is 4.79 Å². The van der Waals surface area contributed by atoms with Crippen molar-refractivity contribution in [3.05, 3.63) is 114 Å². The second-order valence-electron chi connectivity index (χ2n) is 6.73. The van der Waals surface area contributed by atoms with E-state index in [1.165, 1.54) is 24.3 Å². The maximum atomic E-state index is 13.3. The minimum atomic E-state index is -1.10. The van der Waals surface area contributed by atoms with Gasteiger partial charge in [0.15, 0.2) is 6.10 Å². The van der Waals surface area contributed by atoms with E-state index in [0.717, 1.165) is 10.9 Å². The summed E-state index contributed by atoms with van der Waals surface area (Å²) < 4.78 is 18.9. The molecule has 1 heterocycles. The van der Waals surface area contributed by atoms with Crippen LogP contribution < -0.4 is 0 Å². The second-order valence-corrected chi connectivity index (χ2v) is 6.73. The number of aromatic amines is 1. The molecule has 0 saturated heterocycles. The Hall–Kier alpha value is -3.99. The largest absolute Gasteiger partial charge is 0.446 e. The molecule has 0 radical (unpaired) electrons. The molecule has 4 aromatic rings. The lowest BCUT2D eigenvalue weighted by Crippen LogP contribution is -2.19. The smallest absolute Gasteiger partial charge is 0.331 e. The Morgan fingerprint density at radius 3 is 2.50 bits per heavy atom. The molecule has 0 aliphatic heterocycles. The number of rotatable bonds is 6. The molecular weight excluding hydrogens is 381 g/mol. The second kappa shape index (κ2) is 8.57. The van der Waals surface area contributed by atoms with Crippen LogP contribution in [-0.4, -0.2) is 16.7 Å². The van der Waals surface area contributed by atoms with Gasteiger partial charge in [0.25, 0.3) is 0 Å². The van der Waals surface area contributed by atoms with Crippen molar-refractivity contribution in [2.75, 3.05) is 0 Å². The fourth-order valence-corrected chi connectivity index (χ4v) is 3.25. The third kappa shape index (κ3) is 4.20. The Morgan fingerprint density at radius 1 is 0.933 bits per heavy atom. The molecule has 0 fully saturated rings. The average Bonchev–Trinajstić information content (AvgIpc) is 3.20. The maximum absolute atomic E-state index is 13.3. The number of H-pyrrole nitrogens is 1. The van der Waals surface area contributed by atoms with E-state index in [-0.39, 0.29) is 5.78 Å². The van der Waals surface area contributed by atoms with Crippen LogP contribution in [0.5, 0.6) is 0 Å². The monoisotopic (exact) mass is 399 g/mol. The van der Waals surface area contributed by atoms with Gasteiger partial charge in [0, 0.05) is 34.3 Å². The summed E-state index contributed by atoms with van der Waals surface area (Å²) in [5.74, 6) is -1.42. The highest BCUT2D eigenvalue weighted by Crippen LogP contribution is 2.27. The number of ether oxygens (including phenoxy) is 1. The van der Waals surface area contributed by atoms with E-state index in [9.17, 15) is 14.0 Å². The van der Waals surface area contributed by atoms with Crippen molar-refractivity contribution in [3.8, 4) is 0 Å². The van der Waals surface area contributed by atoms with Crippen molar-refractivity contribution in [1.29, 1.82) is 0 Å². The third-order valence-corrected chi connectivity index (χ3v) is 4.69. The number of carbonyl (C=O) groups excluding carboxylic acids is 2. The van der Waals surface area contributed by atoms with Gasteiger partial charge in [-0.2, -0.15) is 0 Å². The zero-order chi connectivity index (χ0) is 20.9. The van der Waals surface area contributed by atoms with Crippen LogP contribution in [0.4, 0.5) is 4.39 Å². The Morgan fingerprint density at radius 2 is 1.70 bits per heavy atom. The van der Waals surface area contributed by atoms with Gasteiger partial charge in [0.2, 0.25) is 5.78 Å². The van der Waals surface area contributed by atoms with Gasteiger partial charge in [-0.15, -0.1) is 0 Å².